The van der Waals surface area contributed by atoms with Gasteiger partial charge in [-0.15, -0.1) is 0 Å². The summed E-state index contributed by atoms with van der Waals surface area (Å²) in [4.78, 5) is 12.5. The summed E-state index contributed by atoms with van der Waals surface area (Å²) in [5.41, 5.74) is -1.59. The summed E-state index contributed by atoms with van der Waals surface area (Å²) >= 11 is 5.94. The third kappa shape index (κ3) is 7.49. The second-order valence-corrected chi connectivity index (χ2v) is 12.5. The summed E-state index contributed by atoms with van der Waals surface area (Å²) in [5, 5.41) is 2.15. The van der Waals surface area contributed by atoms with Crippen LogP contribution in [0.2, 0.25) is 5.02 Å². The van der Waals surface area contributed by atoms with Crippen LogP contribution in [-0.2, 0) is 31.0 Å². The van der Waals surface area contributed by atoms with Crippen LogP contribution in [-0.4, -0.2) is 66.1 Å². The van der Waals surface area contributed by atoms with Crippen LogP contribution in [0, 0.1) is 0 Å². The molecular weight excluding hydrogens is 559 g/mol. The third-order valence-corrected chi connectivity index (χ3v) is 8.81. The second-order valence-electron chi connectivity index (χ2n) is 8.21. The number of hydrogen-bond acceptors (Lipinski definition) is 6. The maximum absolute atomic E-state index is 13.1. The highest BCUT2D eigenvalue weighted by Gasteiger charge is 2.33. The molecule has 0 bridgehead atoms. The van der Waals surface area contributed by atoms with E-state index in [1.807, 2.05) is 0 Å². The molecule has 1 aliphatic rings. The molecule has 1 N–H and O–H groups in total. The maximum atomic E-state index is 13.1. The van der Waals surface area contributed by atoms with Crippen LogP contribution in [0.4, 0.5) is 18.9 Å². The molecule has 1 aliphatic heterocycles. The molecule has 1 fully saturated rings. The van der Waals surface area contributed by atoms with E-state index in [1.165, 1.54) is 28.6 Å². The average molecular weight is 584 g/mol. The minimum Gasteiger partial charge on any atom is -0.492 e. The monoisotopic (exact) mass is 583 g/mol. The normalized spacial score (nSPS) is 14.9. The van der Waals surface area contributed by atoms with Crippen molar-refractivity contribution >= 4 is 43.2 Å². The Hall–Kier alpha value is -2.55. The Bertz CT molecular complexity index is 1330. The first-order valence-electron chi connectivity index (χ1n) is 11.0. The topological polar surface area (TPSA) is 113 Å². The summed E-state index contributed by atoms with van der Waals surface area (Å²) in [7, 11) is -7.71. The minimum atomic E-state index is -4.74. The van der Waals surface area contributed by atoms with Crippen molar-refractivity contribution in [2.24, 2.45) is 0 Å². The average Bonchev–Trinajstić information content (AvgIpc) is 3.36. The van der Waals surface area contributed by atoms with E-state index in [0.29, 0.717) is 35.3 Å². The lowest BCUT2D eigenvalue weighted by molar-refractivity contribution is -0.137. The molecule has 1 heterocycles. The molecule has 0 unspecified atom stereocenters. The van der Waals surface area contributed by atoms with Crippen molar-refractivity contribution in [1.82, 2.24) is 9.62 Å². The smallest absolute Gasteiger partial charge is 0.416 e. The van der Waals surface area contributed by atoms with Crippen LogP contribution in [0.5, 0.6) is 5.75 Å². The van der Waals surface area contributed by atoms with Crippen molar-refractivity contribution in [2.45, 2.75) is 23.9 Å². The first-order chi connectivity index (χ1) is 17.2. The van der Waals surface area contributed by atoms with Crippen molar-refractivity contribution in [3.05, 3.63) is 53.1 Å². The van der Waals surface area contributed by atoms with Crippen molar-refractivity contribution in [1.29, 1.82) is 0 Å². The van der Waals surface area contributed by atoms with Crippen LogP contribution < -0.4 is 14.4 Å². The number of halogens is 4. The third-order valence-electron chi connectivity index (χ3n) is 5.45. The molecule has 9 nitrogen and oxygen atoms in total. The van der Waals surface area contributed by atoms with Gasteiger partial charge < -0.3 is 10.1 Å². The molecular formula is C22H25ClF3N3O6S2. The molecule has 1 amide bonds. The molecule has 2 aromatic carbocycles. The maximum Gasteiger partial charge on any atom is 0.416 e. The van der Waals surface area contributed by atoms with Gasteiger partial charge in [0.25, 0.3) is 0 Å². The number of sulfonamides is 2. The van der Waals surface area contributed by atoms with Crippen molar-refractivity contribution < 1.29 is 39.5 Å². The number of carbonyl (C=O) groups is 1. The van der Waals surface area contributed by atoms with Gasteiger partial charge in [0.15, 0.2) is 0 Å². The Morgan fingerprint density at radius 2 is 1.70 bits per heavy atom. The van der Waals surface area contributed by atoms with Gasteiger partial charge in [-0.1, -0.05) is 11.6 Å². The first-order valence-corrected chi connectivity index (χ1v) is 14.7. The van der Waals surface area contributed by atoms with E-state index in [4.69, 9.17) is 16.3 Å². The number of carbonyl (C=O) groups excluding carboxylic acids is 1. The van der Waals surface area contributed by atoms with Crippen molar-refractivity contribution in [3.63, 3.8) is 0 Å². The van der Waals surface area contributed by atoms with Crippen LogP contribution in [0.15, 0.2) is 47.4 Å². The molecule has 204 valence electrons. The van der Waals surface area contributed by atoms with Crippen molar-refractivity contribution in [2.75, 3.05) is 43.3 Å². The molecule has 0 saturated carbocycles. The zero-order chi connectivity index (χ0) is 27.4. The van der Waals surface area contributed by atoms with E-state index in [0.717, 1.165) is 25.2 Å². The van der Waals surface area contributed by atoms with Gasteiger partial charge in [0, 0.05) is 13.1 Å². The number of anilines is 1. The fourth-order valence-electron chi connectivity index (χ4n) is 3.59. The predicted octanol–water partition coefficient (Wildman–Crippen LogP) is 3.10. The lowest BCUT2D eigenvalue weighted by Gasteiger charge is -2.24. The number of rotatable bonds is 10. The lowest BCUT2D eigenvalue weighted by Crippen LogP contribution is -2.41. The van der Waals surface area contributed by atoms with Crippen LogP contribution in [0.25, 0.3) is 0 Å². The fraction of sp³-hybridized carbons (Fsp3) is 0.409. The molecule has 2 aromatic rings. The van der Waals surface area contributed by atoms with Crippen LogP contribution in [0.1, 0.15) is 18.4 Å². The Morgan fingerprint density at radius 3 is 2.27 bits per heavy atom. The fourth-order valence-corrected chi connectivity index (χ4v) is 6.24. The number of ether oxygens (including phenoxy) is 1. The minimum absolute atomic E-state index is 0.0346. The highest BCUT2D eigenvalue weighted by molar-refractivity contribution is 7.92. The van der Waals surface area contributed by atoms with E-state index in [-0.39, 0.29) is 23.1 Å². The number of benzene rings is 2. The molecule has 0 aromatic heterocycles. The molecule has 0 spiro atoms. The van der Waals surface area contributed by atoms with Gasteiger partial charge in [-0.05, 0) is 55.3 Å². The number of amides is 1. The number of hydrogen-bond donors (Lipinski definition) is 1. The summed E-state index contributed by atoms with van der Waals surface area (Å²) in [6.45, 7) is 0.0741. The number of nitrogens with zero attached hydrogens (tertiary/aromatic N) is 2. The Morgan fingerprint density at radius 1 is 1.08 bits per heavy atom. The standard InChI is InChI=1S/C22H25ClF3N3O6S2/c1-36(31,32)29(20-14-16(22(24,25)26)4-9-19(20)23)15-21(30)27-10-13-35-17-5-7-18(8-6-17)37(33,34)28-11-2-3-12-28/h4-9,14H,2-3,10-13,15H2,1H3,(H,27,30). The van der Waals surface area contributed by atoms with Crippen LogP contribution in [0.3, 0.4) is 0 Å². The highest BCUT2D eigenvalue weighted by atomic mass is 35.5. The first kappa shape index (κ1) is 29.0. The molecule has 3 rings (SSSR count). The molecule has 0 atom stereocenters. The lowest BCUT2D eigenvalue weighted by atomic mass is 10.2. The van der Waals surface area contributed by atoms with E-state index >= 15 is 0 Å². The van der Waals surface area contributed by atoms with Gasteiger partial charge in [0.1, 0.15) is 18.9 Å². The molecule has 0 aliphatic carbocycles. The zero-order valence-corrected chi connectivity index (χ0v) is 22.1. The Labute approximate surface area is 218 Å². The number of alkyl halides is 3. The summed E-state index contributed by atoms with van der Waals surface area (Å²) in [6.07, 6.45) is -2.35. The Kier molecular flexibility index (Phi) is 8.98. The van der Waals surface area contributed by atoms with Gasteiger partial charge in [-0.3, -0.25) is 9.10 Å². The zero-order valence-electron chi connectivity index (χ0n) is 19.7. The Balaban J connectivity index is 1.57. The summed E-state index contributed by atoms with van der Waals surface area (Å²) in [5.74, 6) is -0.447. The quantitative estimate of drug-likeness (QED) is 0.430. The van der Waals surface area contributed by atoms with Gasteiger partial charge in [0.05, 0.1) is 34.0 Å². The van der Waals surface area contributed by atoms with Crippen LogP contribution >= 0.6 is 11.6 Å². The van der Waals surface area contributed by atoms with E-state index < -0.39 is 49.9 Å². The molecule has 1 saturated heterocycles. The van der Waals surface area contributed by atoms with Gasteiger partial charge >= 0.3 is 6.18 Å². The molecule has 0 radical (unpaired) electrons. The van der Waals surface area contributed by atoms with E-state index in [1.54, 1.807) is 0 Å². The molecule has 15 heteroatoms. The highest BCUT2D eigenvalue weighted by Crippen LogP contribution is 2.36. The second kappa shape index (κ2) is 11.5. The van der Waals surface area contributed by atoms with Gasteiger partial charge in [0.2, 0.25) is 26.0 Å². The summed E-state index contributed by atoms with van der Waals surface area (Å²) < 4.78 is 96.2. The van der Waals surface area contributed by atoms with E-state index in [9.17, 15) is 34.8 Å². The summed E-state index contributed by atoms with van der Waals surface area (Å²) in [6, 6.07) is 7.98. The number of nitrogens with one attached hydrogen (secondary N) is 1. The predicted molar refractivity (Wildman–Crippen MR) is 132 cm³/mol. The van der Waals surface area contributed by atoms with Gasteiger partial charge in [-0.2, -0.15) is 17.5 Å². The van der Waals surface area contributed by atoms with Gasteiger partial charge in [-0.25, -0.2) is 16.8 Å². The largest absolute Gasteiger partial charge is 0.492 e. The van der Waals surface area contributed by atoms with E-state index in [2.05, 4.69) is 5.32 Å². The molecule has 37 heavy (non-hydrogen) atoms. The van der Waals surface area contributed by atoms with Crippen molar-refractivity contribution in [3.8, 4) is 5.75 Å². The SMILES string of the molecule is CS(=O)(=O)N(CC(=O)NCCOc1ccc(S(=O)(=O)N2CCCC2)cc1)c1cc(C(F)(F)F)ccc1Cl.